The van der Waals surface area contributed by atoms with Crippen molar-refractivity contribution in [3.8, 4) is 0 Å². The van der Waals surface area contributed by atoms with Gasteiger partial charge in [0.2, 0.25) is 0 Å². The Labute approximate surface area is 130 Å². The maximum atomic E-state index is 13.9. The van der Waals surface area contributed by atoms with Gasteiger partial charge in [0.1, 0.15) is 11.5 Å². The zero-order valence-electron chi connectivity index (χ0n) is 9.95. The predicted molar refractivity (Wildman–Crippen MR) is 81.3 cm³/mol. The number of aromatic nitrogens is 2. The van der Waals surface area contributed by atoms with Crippen LogP contribution in [0.3, 0.4) is 0 Å². The minimum absolute atomic E-state index is 0.0216. The molecule has 0 fully saturated rings. The number of carbonyl (C=O) groups excluding carboxylic acids is 1. The molecule has 100 valence electrons. The predicted octanol–water partition coefficient (Wildman–Crippen LogP) is 4.46. The number of nitrogens with one attached hydrogen (secondary N) is 1. The Hall–Kier alpha value is -1.53. The van der Waals surface area contributed by atoms with Gasteiger partial charge >= 0.3 is 0 Å². The summed E-state index contributed by atoms with van der Waals surface area (Å²) in [6.07, 6.45) is 3.18. The summed E-state index contributed by atoms with van der Waals surface area (Å²) < 4.78 is 15.1. The van der Waals surface area contributed by atoms with Crippen molar-refractivity contribution in [3.63, 3.8) is 0 Å². The maximum Gasteiger partial charge on any atom is 0.199 e. The molecule has 0 aliphatic rings. The normalized spacial score (nSPS) is 10.9. The lowest BCUT2D eigenvalue weighted by Gasteiger charge is -2.04. The highest BCUT2D eigenvalue weighted by Gasteiger charge is 2.20. The number of pyridine rings is 1. The Morgan fingerprint density at radius 1 is 1.30 bits per heavy atom. The molecule has 20 heavy (non-hydrogen) atoms. The SMILES string of the molecule is O=C(c1c(F)cccc1Br)c1c[nH]c2ncc(Br)cc12. The van der Waals surface area contributed by atoms with E-state index in [1.807, 2.05) is 0 Å². The summed E-state index contributed by atoms with van der Waals surface area (Å²) >= 11 is 6.53. The van der Waals surface area contributed by atoms with Crippen molar-refractivity contribution < 1.29 is 9.18 Å². The van der Waals surface area contributed by atoms with E-state index in [-0.39, 0.29) is 11.3 Å². The maximum absolute atomic E-state index is 13.9. The lowest BCUT2D eigenvalue weighted by Crippen LogP contribution is -2.04. The largest absolute Gasteiger partial charge is 0.345 e. The zero-order valence-corrected chi connectivity index (χ0v) is 13.1. The molecule has 2 heterocycles. The molecule has 0 spiro atoms. The molecular formula is C14H7Br2FN2O. The number of carbonyl (C=O) groups is 1. The van der Waals surface area contributed by atoms with Gasteiger partial charge in [0.25, 0.3) is 0 Å². The molecule has 6 heteroatoms. The van der Waals surface area contributed by atoms with E-state index in [2.05, 4.69) is 41.8 Å². The first-order valence-electron chi connectivity index (χ1n) is 5.69. The molecule has 0 saturated carbocycles. The van der Waals surface area contributed by atoms with Crippen molar-refractivity contribution in [2.75, 3.05) is 0 Å². The van der Waals surface area contributed by atoms with Crippen LogP contribution >= 0.6 is 31.9 Å². The molecule has 1 N–H and O–H groups in total. The molecule has 0 atom stereocenters. The fourth-order valence-electron chi connectivity index (χ4n) is 2.02. The van der Waals surface area contributed by atoms with Crippen LogP contribution in [0, 0.1) is 5.82 Å². The second-order valence-corrected chi connectivity index (χ2v) is 5.95. The summed E-state index contributed by atoms with van der Waals surface area (Å²) in [5, 5.41) is 0.652. The molecule has 0 aliphatic carbocycles. The number of fused-ring (bicyclic) bond motifs is 1. The van der Waals surface area contributed by atoms with Crippen LogP contribution in [0.5, 0.6) is 0 Å². The molecule has 0 aliphatic heterocycles. The van der Waals surface area contributed by atoms with E-state index in [4.69, 9.17) is 0 Å². The van der Waals surface area contributed by atoms with Crippen molar-refractivity contribution in [3.05, 3.63) is 62.5 Å². The number of aromatic amines is 1. The standard InChI is InChI=1S/C14H7Br2FN2O/c15-7-4-8-9(6-19-14(8)18-5-7)13(20)12-10(16)2-1-3-11(12)17/h1-6H,(H,18,19). The van der Waals surface area contributed by atoms with E-state index in [1.165, 1.54) is 6.07 Å². The minimum atomic E-state index is -0.554. The fraction of sp³-hybridized carbons (Fsp3) is 0. The number of H-pyrrole nitrogens is 1. The Morgan fingerprint density at radius 3 is 2.85 bits per heavy atom. The number of hydrogen-bond donors (Lipinski definition) is 1. The number of hydrogen-bond acceptors (Lipinski definition) is 2. The topological polar surface area (TPSA) is 45.8 Å². The number of benzene rings is 1. The van der Waals surface area contributed by atoms with E-state index < -0.39 is 5.82 Å². The van der Waals surface area contributed by atoms with Crippen LogP contribution < -0.4 is 0 Å². The average molecular weight is 398 g/mol. The van der Waals surface area contributed by atoms with E-state index in [1.54, 1.807) is 30.6 Å². The first-order valence-corrected chi connectivity index (χ1v) is 7.28. The summed E-state index contributed by atoms with van der Waals surface area (Å²) in [6, 6.07) is 6.23. The van der Waals surface area contributed by atoms with E-state index in [0.29, 0.717) is 21.1 Å². The molecule has 0 bridgehead atoms. The molecule has 0 amide bonds. The molecule has 2 aromatic heterocycles. The molecule has 1 aromatic carbocycles. The van der Waals surface area contributed by atoms with Crippen LogP contribution in [0.1, 0.15) is 15.9 Å². The summed E-state index contributed by atoms with van der Waals surface area (Å²) in [6.45, 7) is 0. The monoisotopic (exact) mass is 396 g/mol. The van der Waals surface area contributed by atoms with Gasteiger partial charge < -0.3 is 4.98 Å². The Morgan fingerprint density at radius 2 is 2.10 bits per heavy atom. The Bertz CT molecular complexity index is 809. The summed E-state index contributed by atoms with van der Waals surface area (Å²) in [7, 11) is 0. The van der Waals surface area contributed by atoms with Crippen LogP contribution in [0.25, 0.3) is 11.0 Å². The van der Waals surface area contributed by atoms with E-state index in [9.17, 15) is 9.18 Å². The number of nitrogens with zero attached hydrogens (tertiary/aromatic N) is 1. The second kappa shape index (κ2) is 5.10. The highest BCUT2D eigenvalue weighted by atomic mass is 79.9. The highest BCUT2D eigenvalue weighted by molar-refractivity contribution is 9.10. The number of rotatable bonds is 2. The smallest absolute Gasteiger partial charge is 0.199 e. The van der Waals surface area contributed by atoms with Crippen LogP contribution in [0.2, 0.25) is 0 Å². The van der Waals surface area contributed by atoms with Gasteiger partial charge in [-0.2, -0.15) is 0 Å². The Balaban J connectivity index is 2.21. The van der Waals surface area contributed by atoms with Crippen molar-refractivity contribution in [2.24, 2.45) is 0 Å². The van der Waals surface area contributed by atoms with Crippen molar-refractivity contribution in [1.82, 2.24) is 9.97 Å². The van der Waals surface area contributed by atoms with Gasteiger partial charge in [0.05, 0.1) is 5.56 Å². The summed E-state index contributed by atoms with van der Waals surface area (Å²) in [5.74, 6) is -0.942. The summed E-state index contributed by atoms with van der Waals surface area (Å²) in [5.41, 5.74) is 0.997. The second-order valence-electron chi connectivity index (χ2n) is 4.18. The molecular weight excluding hydrogens is 391 g/mol. The first-order chi connectivity index (χ1) is 9.58. The highest BCUT2D eigenvalue weighted by Crippen LogP contribution is 2.27. The molecule has 3 nitrogen and oxygen atoms in total. The molecule has 3 rings (SSSR count). The molecule has 0 unspecified atom stereocenters. The minimum Gasteiger partial charge on any atom is -0.345 e. The first kappa shape index (κ1) is 13.5. The van der Waals surface area contributed by atoms with Gasteiger partial charge in [-0.1, -0.05) is 6.07 Å². The molecule has 0 radical (unpaired) electrons. The third-order valence-electron chi connectivity index (χ3n) is 2.93. The van der Waals surface area contributed by atoms with Gasteiger partial charge in [0.15, 0.2) is 5.78 Å². The number of halogens is 3. The van der Waals surface area contributed by atoms with Crippen molar-refractivity contribution in [1.29, 1.82) is 0 Å². The fourth-order valence-corrected chi connectivity index (χ4v) is 2.87. The Kier molecular flexibility index (Phi) is 3.43. The average Bonchev–Trinajstić information content (AvgIpc) is 2.81. The van der Waals surface area contributed by atoms with E-state index in [0.717, 1.165) is 4.47 Å². The molecule has 0 saturated heterocycles. The van der Waals surface area contributed by atoms with Crippen LogP contribution in [-0.4, -0.2) is 15.8 Å². The van der Waals surface area contributed by atoms with Gasteiger partial charge in [-0.05, 0) is 50.1 Å². The van der Waals surface area contributed by atoms with Gasteiger partial charge in [-0.15, -0.1) is 0 Å². The van der Waals surface area contributed by atoms with Gasteiger partial charge in [0, 0.05) is 32.3 Å². The van der Waals surface area contributed by atoms with Crippen LogP contribution in [0.15, 0.2) is 45.6 Å². The number of ketones is 1. The lowest BCUT2D eigenvalue weighted by atomic mass is 10.0. The molecule has 3 aromatic rings. The van der Waals surface area contributed by atoms with Crippen LogP contribution in [0.4, 0.5) is 4.39 Å². The zero-order chi connectivity index (χ0) is 14.3. The quantitative estimate of drug-likeness (QED) is 0.649. The summed E-state index contributed by atoms with van der Waals surface area (Å²) in [4.78, 5) is 19.6. The third kappa shape index (κ3) is 2.19. The van der Waals surface area contributed by atoms with Gasteiger partial charge in [-0.25, -0.2) is 9.37 Å². The van der Waals surface area contributed by atoms with Gasteiger partial charge in [-0.3, -0.25) is 4.79 Å². The van der Waals surface area contributed by atoms with Crippen molar-refractivity contribution >= 4 is 48.7 Å². The van der Waals surface area contributed by atoms with Crippen LogP contribution in [-0.2, 0) is 0 Å². The lowest BCUT2D eigenvalue weighted by molar-refractivity contribution is 0.103. The van der Waals surface area contributed by atoms with E-state index >= 15 is 0 Å². The third-order valence-corrected chi connectivity index (χ3v) is 4.03. The van der Waals surface area contributed by atoms with Crippen molar-refractivity contribution in [2.45, 2.75) is 0 Å².